The Bertz CT molecular complexity index is 364. The van der Waals surface area contributed by atoms with Gasteiger partial charge in [0.25, 0.3) is 0 Å². The van der Waals surface area contributed by atoms with Crippen LogP contribution < -0.4 is 5.73 Å². The van der Waals surface area contributed by atoms with E-state index in [4.69, 9.17) is 5.73 Å². The summed E-state index contributed by atoms with van der Waals surface area (Å²) in [5, 5.41) is 4.39. The van der Waals surface area contributed by atoms with E-state index in [0.717, 1.165) is 19.6 Å². The molecule has 18 heavy (non-hydrogen) atoms. The Balaban J connectivity index is 0.00000162. The number of rotatable bonds is 4. The van der Waals surface area contributed by atoms with Crippen LogP contribution >= 0.6 is 12.4 Å². The van der Waals surface area contributed by atoms with Gasteiger partial charge >= 0.3 is 0 Å². The quantitative estimate of drug-likeness (QED) is 0.913. The topological polar surface area (TPSA) is 47.1 Å². The third-order valence-electron chi connectivity index (χ3n) is 3.69. The molecule has 2 heterocycles. The molecule has 2 N–H and O–H groups in total. The first kappa shape index (κ1) is 15.5. The Morgan fingerprint density at radius 3 is 2.72 bits per heavy atom. The summed E-state index contributed by atoms with van der Waals surface area (Å²) < 4.78 is 2.02. The van der Waals surface area contributed by atoms with Crippen LogP contribution in [0.25, 0.3) is 0 Å². The molecule has 1 saturated heterocycles. The fourth-order valence-electron chi connectivity index (χ4n) is 2.58. The number of hydrogen-bond acceptors (Lipinski definition) is 3. The summed E-state index contributed by atoms with van der Waals surface area (Å²) in [5.41, 5.74) is 7.06. The van der Waals surface area contributed by atoms with Gasteiger partial charge in [-0.05, 0) is 39.7 Å². The Morgan fingerprint density at radius 1 is 1.50 bits per heavy atom. The van der Waals surface area contributed by atoms with Gasteiger partial charge in [-0.1, -0.05) is 0 Å². The fraction of sp³-hybridized carbons (Fsp3) is 0.769. The van der Waals surface area contributed by atoms with E-state index in [-0.39, 0.29) is 12.4 Å². The normalized spacial score (nSPS) is 24.5. The fourth-order valence-corrected chi connectivity index (χ4v) is 2.58. The van der Waals surface area contributed by atoms with E-state index < -0.39 is 0 Å². The van der Waals surface area contributed by atoms with Gasteiger partial charge in [-0.3, -0.25) is 9.58 Å². The second-order valence-corrected chi connectivity index (χ2v) is 5.54. The Labute approximate surface area is 116 Å². The minimum atomic E-state index is 0. The third kappa shape index (κ3) is 3.46. The van der Waals surface area contributed by atoms with E-state index in [1.165, 1.54) is 12.0 Å². The van der Waals surface area contributed by atoms with E-state index in [1.807, 2.05) is 10.9 Å². The summed E-state index contributed by atoms with van der Waals surface area (Å²) in [4.78, 5) is 2.51. The van der Waals surface area contributed by atoms with Gasteiger partial charge in [0.15, 0.2) is 0 Å². The van der Waals surface area contributed by atoms with Gasteiger partial charge in [-0.2, -0.15) is 5.10 Å². The van der Waals surface area contributed by atoms with Crippen LogP contribution in [0.2, 0.25) is 0 Å². The molecule has 2 unspecified atom stereocenters. The van der Waals surface area contributed by atoms with Crippen LogP contribution in [0.5, 0.6) is 0 Å². The lowest BCUT2D eigenvalue weighted by molar-refractivity contribution is 0.256. The van der Waals surface area contributed by atoms with Crippen LogP contribution in [0, 0.1) is 5.92 Å². The molecule has 5 heteroatoms. The Kier molecular flexibility index (Phi) is 5.63. The van der Waals surface area contributed by atoms with E-state index in [0.29, 0.717) is 18.0 Å². The van der Waals surface area contributed by atoms with Crippen molar-refractivity contribution in [3.05, 3.63) is 18.0 Å². The van der Waals surface area contributed by atoms with Gasteiger partial charge in [-0.15, -0.1) is 12.4 Å². The number of likely N-dealkylation sites (tertiary alicyclic amines) is 1. The van der Waals surface area contributed by atoms with E-state index in [1.54, 1.807) is 0 Å². The number of halogens is 1. The molecule has 0 radical (unpaired) electrons. The summed E-state index contributed by atoms with van der Waals surface area (Å²) in [6, 6.07) is 1.09. The number of nitrogens with zero attached hydrogens (tertiary/aromatic N) is 3. The highest BCUT2D eigenvalue weighted by atomic mass is 35.5. The van der Waals surface area contributed by atoms with Crippen LogP contribution in [0.15, 0.2) is 12.4 Å². The van der Waals surface area contributed by atoms with E-state index in [9.17, 15) is 0 Å². The van der Waals surface area contributed by atoms with Gasteiger partial charge in [0.2, 0.25) is 0 Å². The number of aromatic nitrogens is 2. The van der Waals surface area contributed by atoms with Crippen molar-refractivity contribution >= 4 is 12.4 Å². The Hall–Kier alpha value is -0.580. The van der Waals surface area contributed by atoms with Gasteiger partial charge in [-0.25, -0.2) is 0 Å². The molecule has 2 atom stereocenters. The lowest BCUT2D eigenvalue weighted by Crippen LogP contribution is -2.27. The first-order chi connectivity index (χ1) is 8.10. The van der Waals surface area contributed by atoms with Crippen molar-refractivity contribution in [2.24, 2.45) is 11.7 Å². The van der Waals surface area contributed by atoms with Crippen LogP contribution in [0.3, 0.4) is 0 Å². The third-order valence-corrected chi connectivity index (χ3v) is 3.69. The van der Waals surface area contributed by atoms with Crippen LogP contribution in [-0.2, 0) is 6.54 Å². The molecule has 1 aromatic heterocycles. The second kappa shape index (κ2) is 6.55. The van der Waals surface area contributed by atoms with Crippen LogP contribution in [-0.4, -0.2) is 33.8 Å². The lowest BCUT2D eigenvalue weighted by Gasteiger charge is -2.19. The lowest BCUT2D eigenvalue weighted by atomic mass is 10.1. The van der Waals surface area contributed by atoms with E-state index in [2.05, 4.69) is 37.0 Å². The molecular weight excluding hydrogens is 248 g/mol. The van der Waals surface area contributed by atoms with Crippen molar-refractivity contribution in [2.75, 3.05) is 13.1 Å². The zero-order valence-electron chi connectivity index (χ0n) is 11.5. The van der Waals surface area contributed by atoms with Crippen molar-refractivity contribution in [3.8, 4) is 0 Å². The van der Waals surface area contributed by atoms with Gasteiger partial charge in [0.1, 0.15) is 0 Å². The molecular formula is C13H25ClN4. The average molecular weight is 273 g/mol. The highest BCUT2D eigenvalue weighted by Gasteiger charge is 2.28. The minimum Gasteiger partial charge on any atom is -0.330 e. The zero-order valence-corrected chi connectivity index (χ0v) is 12.4. The molecule has 0 aliphatic carbocycles. The van der Waals surface area contributed by atoms with Crippen LogP contribution in [0.4, 0.5) is 0 Å². The van der Waals surface area contributed by atoms with Crippen molar-refractivity contribution < 1.29 is 0 Å². The second-order valence-electron chi connectivity index (χ2n) is 5.54. The maximum absolute atomic E-state index is 5.75. The molecule has 0 aromatic carbocycles. The summed E-state index contributed by atoms with van der Waals surface area (Å²) in [6.07, 6.45) is 5.38. The molecule has 1 aliphatic heterocycles. The maximum atomic E-state index is 5.75. The predicted octanol–water partition coefficient (Wildman–Crippen LogP) is 2.05. The molecule has 1 aromatic rings. The molecule has 1 aliphatic rings. The van der Waals surface area contributed by atoms with Gasteiger partial charge in [0.05, 0.1) is 6.20 Å². The molecule has 2 rings (SSSR count). The highest BCUT2D eigenvalue weighted by Crippen LogP contribution is 2.24. The summed E-state index contributed by atoms with van der Waals surface area (Å²) >= 11 is 0. The van der Waals surface area contributed by atoms with Crippen molar-refractivity contribution in [2.45, 2.75) is 45.8 Å². The monoisotopic (exact) mass is 272 g/mol. The molecule has 0 bridgehead atoms. The molecule has 0 amide bonds. The predicted molar refractivity (Wildman–Crippen MR) is 76.9 cm³/mol. The largest absolute Gasteiger partial charge is 0.330 e. The summed E-state index contributed by atoms with van der Waals surface area (Å²) in [7, 11) is 0. The molecule has 104 valence electrons. The van der Waals surface area contributed by atoms with Gasteiger partial charge < -0.3 is 5.73 Å². The molecule has 4 nitrogen and oxygen atoms in total. The molecule has 0 spiro atoms. The summed E-state index contributed by atoms with van der Waals surface area (Å²) in [5.74, 6) is 0.671. The first-order valence-corrected chi connectivity index (χ1v) is 6.57. The zero-order chi connectivity index (χ0) is 12.4. The molecule has 1 fully saturated rings. The number of hydrogen-bond donors (Lipinski definition) is 1. The average Bonchev–Trinajstić information content (AvgIpc) is 2.87. The number of nitrogens with two attached hydrogens (primary N) is 1. The smallest absolute Gasteiger partial charge is 0.0534 e. The Morgan fingerprint density at radius 2 is 2.22 bits per heavy atom. The SMILES string of the molecule is CC1CC(CN)CN1Cc1cnn(C(C)C)c1.Cl. The first-order valence-electron chi connectivity index (χ1n) is 6.57. The highest BCUT2D eigenvalue weighted by molar-refractivity contribution is 5.85. The molecule has 0 saturated carbocycles. The van der Waals surface area contributed by atoms with Gasteiger partial charge in [0, 0.05) is 36.9 Å². The van der Waals surface area contributed by atoms with Crippen molar-refractivity contribution in [3.63, 3.8) is 0 Å². The van der Waals surface area contributed by atoms with Crippen molar-refractivity contribution in [1.29, 1.82) is 0 Å². The summed E-state index contributed by atoms with van der Waals surface area (Å²) in [6.45, 7) is 9.54. The maximum Gasteiger partial charge on any atom is 0.0534 e. The van der Waals surface area contributed by atoms with Crippen LogP contribution in [0.1, 0.15) is 38.8 Å². The van der Waals surface area contributed by atoms with E-state index >= 15 is 0 Å². The minimum absolute atomic E-state index is 0. The standard InChI is InChI=1S/C13H24N4.ClH/c1-10(2)17-9-13(6-15-17)8-16-7-12(5-14)4-11(16)3;/h6,9-12H,4-5,7-8,14H2,1-3H3;1H. The van der Waals surface area contributed by atoms with Crippen molar-refractivity contribution in [1.82, 2.24) is 14.7 Å².